The second-order valence-corrected chi connectivity index (χ2v) is 7.49. The van der Waals surface area contributed by atoms with Gasteiger partial charge in [-0.15, -0.1) is 0 Å². The zero-order valence-corrected chi connectivity index (χ0v) is 13.0. The van der Waals surface area contributed by atoms with Crippen LogP contribution in [0.2, 0.25) is 0 Å². The van der Waals surface area contributed by atoms with E-state index in [1.165, 1.54) is 6.20 Å². The van der Waals surface area contributed by atoms with Gasteiger partial charge in [-0.1, -0.05) is 31.5 Å². The van der Waals surface area contributed by atoms with Crippen LogP contribution in [0, 0.1) is 12.8 Å². The molecule has 0 saturated heterocycles. The molecule has 0 N–H and O–H groups in total. The summed E-state index contributed by atoms with van der Waals surface area (Å²) < 4.78 is 26.6. The zero-order chi connectivity index (χ0) is 15.4. The van der Waals surface area contributed by atoms with E-state index in [4.69, 9.17) is 0 Å². The number of hydrogen-bond donors (Lipinski definition) is 0. The average Bonchev–Trinajstić information content (AvgIpc) is 2.97. The molecule has 4 nitrogen and oxygen atoms in total. The first-order valence-corrected chi connectivity index (χ1v) is 8.35. The van der Waals surface area contributed by atoms with Gasteiger partial charge in [-0.2, -0.15) is 0 Å². The Kier molecular flexibility index (Phi) is 3.06. The number of aromatic nitrogens is 1. The summed E-state index contributed by atoms with van der Waals surface area (Å²) in [6.07, 6.45) is 1.49. The summed E-state index contributed by atoms with van der Waals surface area (Å²) in [5, 5.41) is 0. The first-order valence-electron chi connectivity index (χ1n) is 6.91. The molecule has 5 heteroatoms. The van der Waals surface area contributed by atoms with E-state index in [0.29, 0.717) is 5.69 Å². The quantitative estimate of drug-likeness (QED) is 0.857. The summed E-state index contributed by atoms with van der Waals surface area (Å²) in [6, 6.07) is 8.40. The molecule has 1 aromatic carbocycles. The van der Waals surface area contributed by atoms with Crippen molar-refractivity contribution < 1.29 is 13.2 Å². The third-order valence-electron chi connectivity index (χ3n) is 4.35. The maximum absolute atomic E-state index is 12.7. The number of rotatable bonds is 2. The third-order valence-corrected chi connectivity index (χ3v) is 6.04. The predicted molar refractivity (Wildman–Crippen MR) is 80.1 cm³/mol. The van der Waals surface area contributed by atoms with Gasteiger partial charge in [0.1, 0.15) is 5.69 Å². The Bertz CT molecular complexity index is 816. The normalized spacial score (nSPS) is 21.6. The maximum atomic E-state index is 12.7. The Morgan fingerprint density at radius 1 is 1.00 bits per heavy atom. The van der Waals surface area contributed by atoms with Crippen molar-refractivity contribution in [2.24, 2.45) is 5.92 Å². The molecule has 3 rings (SSSR count). The van der Waals surface area contributed by atoms with Crippen molar-refractivity contribution in [2.75, 3.05) is 0 Å². The van der Waals surface area contributed by atoms with Crippen LogP contribution in [0.4, 0.5) is 0 Å². The van der Waals surface area contributed by atoms with Gasteiger partial charge >= 0.3 is 0 Å². The van der Waals surface area contributed by atoms with E-state index >= 15 is 0 Å². The number of aryl methyl sites for hydroxylation is 1. The summed E-state index contributed by atoms with van der Waals surface area (Å²) in [5.74, 6) is -0.212. The highest BCUT2D eigenvalue weighted by molar-refractivity contribution is 7.90. The van der Waals surface area contributed by atoms with E-state index < -0.39 is 10.0 Å². The van der Waals surface area contributed by atoms with Gasteiger partial charge in [0.2, 0.25) is 0 Å². The lowest BCUT2D eigenvalue weighted by Gasteiger charge is -2.10. The minimum absolute atomic E-state index is 0.0574. The van der Waals surface area contributed by atoms with Crippen molar-refractivity contribution in [1.29, 1.82) is 0 Å². The Morgan fingerprint density at radius 3 is 2.24 bits per heavy atom. The topological polar surface area (TPSA) is 56.1 Å². The highest BCUT2D eigenvalue weighted by Crippen LogP contribution is 2.39. The fourth-order valence-corrected chi connectivity index (χ4v) is 4.15. The lowest BCUT2D eigenvalue weighted by atomic mass is 9.97. The van der Waals surface area contributed by atoms with Gasteiger partial charge in [0.15, 0.2) is 5.78 Å². The molecule has 0 radical (unpaired) electrons. The fraction of sp³-hybridized carbons (Fsp3) is 0.312. The number of benzene rings is 1. The van der Waals surface area contributed by atoms with Gasteiger partial charge in [-0.3, -0.25) is 4.79 Å². The van der Waals surface area contributed by atoms with Crippen LogP contribution in [0.3, 0.4) is 0 Å². The molecule has 1 heterocycles. The average molecular weight is 303 g/mol. The molecule has 0 bridgehead atoms. The highest BCUT2D eigenvalue weighted by Gasteiger charge is 2.39. The van der Waals surface area contributed by atoms with Crippen molar-refractivity contribution in [3.8, 4) is 0 Å². The summed E-state index contributed by atoms with van der Waals surface area (Å²) in [5.41, 5.74) is 2.13. The molecule has 1 aliphatic rings. The zero-order valence-electron chi connectivity index (χ0n) is 12.2. The Balaban J connectivity index is 2.17. The SMILES string of the molecule is Cc1ccc(S(=O)(=O)n2ccc3c2C(=O)[C@@H](C)[C@@H]3C)cc1. The van der Waals surface area contributed by atoms with E-state index in [-0.39, 0.29) is 22.5 Å². The van der Waals surface area contributed by atoms with Gasteiger partial charge in [-0.05, 0) is 36.6 Å². The molecule has 2 aromatic rings. The Morgan fingerprint density at radius 2 is 1.62 bits per heavy atom. The van der Waals surface area contributed by atoms with Crippen LogP contribution in [0.1, 0.15) is 41.4 Å². The first-order chi connectivity index (χ1) is 9.84. The van der Waals surface area contributed by atoms with Crippen LogP contribution in [0.25, 0.3) is 0 Å². The number of ketones is 1. The summed E-state index contributed by atoms with van der Waals surface area (Å²) >= 11 is 0. The molecule has 1 aromatic heterocycles. The van der Waals surface area contributed by atoms with Crippen LogP contribution < -0.4 is 0 Å². The summed E-state index contributed by atoms with van der Waals surface area (Å²) in [6.45, 7) is 5.70. The number of nitrogens with zero attached hydrogens (tertiary/aromatic N) is 1. The minimum Gasteiger partial charge on any atom is -0.292 e. The Labute approximate surface area is 124 Å². The molecule has 0 fully saturated rings. The molecule has 0 saturated carbocycles. The van der Waals surface area contributed by atoms with Gasteiger partial charge < -0.3 is 0 Å². The molecule has 21 heavy (non-hydrogen) atoms. The molecule has 1 aliphatic carbocycles. The van der Waals surface area contributed by atoms with E-state index in [0.717, 1.165) is 15.1 Å². The molecule has 2 atom stereocenters. The van der Waals surface area contributed by atoms with Gasteiger partial charge in [0.05, 0.1) is 4.90 Å². The van der Waals surface area contributed by atoms with Crippen molar-refractivity contribution in [3.05, 3.63) is 53.3 Å². The second-order valence-electron chi connectivity index (χ2n) is 5.68. The number of Topliss-reactive ketones (excluding diaryl/α,β-unsaturated/α-hetero) is 1. The lowest BCUT2D eigenvalue weighted by Crippen LogP contribution is -2.18. The largest absolute Gasteiger partial charge is 0.292 e. The number of carbonyl (C=O) groups is 1. The van der Waals surface area contributed by atoms with E-state index in [1.54, 1.807) is 30.3 Å². The molecule has 0 spiro atoms. The van der Waals surface area contributed by atoms with E-state index in [1.807, 2.05) is 20.8 Å². The molecule has 0 unspecified atom stereocenters. The summed E-state index contributed by atoms with van der Waals surface area (Å²) in [7, 11) is -3.72. The molecule has 0 amide bonds. The number of carbonyl (C=O) groups excluding carboxylic acids is 1. The first kappa shape index (κ1) is 14.1. The van der Waals surface area contributed by atoms with Crippen molar-refractivity contribution in [3.63, 3.8) is 0 Å². The molecule has 0 aliphatic heterocycles. The molecular weight excluding hydrogens is 286 g/mol. The second kappa shape index (κ2) is 4.56. The molecule has 110 valence electrons. The maximum Gasteiger partial charge on any atom is 0.268 e. The van der Waals surface area contributed by atoms with Crippen LogP contribution in [0.15, 0.2) is 41.4 Å². The number of hydrogen-bond acceptors (Lipinski definition) is 3. The van der Waals surface area contributed by atoms with Gasteiger partial charge in [0, 0.05) is 12.1 Å². The van der Waals surface area contributed by atoms with Gasteiger partial charge in [0.25, 0.3) is 10.0 Å². The van der Waals surface area contributed by atoms with E-state index in [9.17, 15) is 13.2 Å². The Hall–Kier alpha value is -1.88. The van der Waals surface area contributed by atoms with Crippen LogP contribution in [-0.4, -0.2) is 18.2 Å². The smallest absolute Gasteiger partial charge is 0.268 e. The summed E-state index contributed by atoms with van der Waals surface area (Å²) in [4.78, 5) is 12.5. The predicted octanol–water partition coefficient (Wildman–Crippen LogP) is 2.97. The van der Waals surface area contributed by atoms with Crippen LogP contribution in [-0.2, 0) is 10.0 Å². The van der Waals surface area contributed by atoms with Crippen LogP contribution in [0.5, 0.6) is 0 Å². The standard InChI is InChI=1S/C16H17NO3S/c1-10-4-6-13(7-5-10)21(19,20)17-9-8-14-11(2)12(3)16(18)15(14)17/h4-9,11-12H,1-3H3/t11-,12-/m0/s1. The van der Waals surface area contributed by atoms with Crippen LogP contribution >= 0.6 is 0 Å². The van der Waals surface area contributed by atoms with Crippen molar-refractivity contribution in [1.82, 2.24) is 3.97 Å². The fourth-order valence-electron chi connectivity index (χ4n) is 2.78. The minimum atomic E-state index is -3.72. The third kappa shape index (κ3) is 1.95. The molecular formula is C16H17NO3S. The lowest BCUT2D eigenvalue weighted by molar-refractivity contribution is 0.0931. The monoisotopic (exact) mass is 303 g/mol. The van der Waals surface area contributed by atoms with Gasteiger partial charge in [-0.25, -0.2) is 12.4 Å². The van der Waals surface area contributed by atoms with E-state index in [2.05, 4.69) is 0 Å². The van der Waals surface area contributed by atoms with Crippen molar-refractivity contribution in [2.45, 2.75) is 31.6 Å². The highest BCUT2D eigenvalue weighted by atomic mass is 32.2. The van der Waals surface area contributed by atoms with Crippen molar-refractivity contribution >= 4 is 15.8 Å². The number of fused-ring (bicyclic) bond motifs is 1.